The van der Waals surface area contributed by atoms with Gasteiger partial charge in [0.05, 0.1) is 20.8 Å². The predicted octanol–water partition coefficient (Wildman–Crippen LogP) is 2.48. The molecule has 1 amide bonds. The largest absolute Gasteiger partial charge is 0.493 e. The Morgan fingerprint density at radius 1 is 0.897 bits per heavy atom. The van der Waals surface area contributed by atoms with E-state index in [-0.39, 0.29) is 5.91 Å². The Hall–Kier alpha value is -2.57. The van der Waals surface area contributed by atoms with Crippen LogP contribution in [-0.2, 0) is 17.9 Å². The predicted molar refractivity (Wildman–Crippen MR) is 114 cm³/mol. The van der Waals surface area contributed by atoms with Crippen LogP contribution in [0.2, 0.25) is 0 Å². The van der Waals surface area contributed by atoms with Crippen molar-refractivity contribution in [2.45, 2.75) is 13.1 Å². The first-order valence-electron chi connectivity index (χ1n) is 10.0. The lowest BCUT2D eigenvalue weighted by molar-refractivity contribution is -0.132. The second-order valence-electron chi connectivity index (χ2n) is 7.48. The third-order valence-corrected chi connectivity index (χ3v) is 5.37. The highest BCUT2D eigenvalue weighted by Crippen LogP contribution is 2.28. The molecule has 0 radical (unpaired) electrons. The van der Waals surface area contributed by atoms with Gasteiger partial charge in [-0.2, -0.15) is 0 Å². The number of carbonyl (C=O) groups is 1. The number of methoxy groups -OCH3 is 2. The van der Waals surface area contributed by atoms with Gasteiger partial charge < -0.3 is 14.4 Å². The van der Waals surface area contributed by atoms with Gasteiger partial charge in [0.15, 0.2) is 11.5 Å². The molecule has 0 N–H and O–H groups in total. The van der Waals surface area contributed by atoms with E-state index in [1.165, 1.54) is 5.56 Å². The second kappa shape index (κ2) is 10.3. The Morgan fingerprint density at radius 2 is 1.55 bits per heavy atom. The molecule has 0 atom stereocenters. The average Bonchev–Trinajstić information content (AvgIpc) is 2.75. The van der Waals surface area contributed by atoms with Crippen molar-refractivity contribution in [3.05, 3.63) is 59.7 Å². The van der Waals surface area contributed by atoms with E-state index in [2.05, 4.69) is 28.0 Å². The fraction of sp³-hybridized carbons (Fsp3) is 0.435. The van der Waals surface area contributed by atoms with Crippen LogP contribution < -0.4 is 9.47 Å². The maximum atomic E-state index is 12.6. The minimum Gasteiger partial charge on any atom is -0.493 e. The summed E-state index contributed by atoms with van der Waals surface area (Å²) in [7, 11) is 5.18. The molecule has 1 aliphatic heterocycles. The summed E-state index contributed by atoms with van der Waals surface area (Å²) < 4.78 is 10.7. The molecule has 29 heavy (non-hydrogen) atoms. The van der Waals surface area contributed by atoms with Gasteiger partial charge in [-0.1, -0.05) is 36.4 Å². The van der Waals surface area contributed by atoms with E-state index in [0.717, 1.165) is 49.8 Å². The Labute approximate surface area is 173 Å². The Balaban J connectivity index is 1.45. The van der Waals surface area contributed by atoms with Gasteiger partial charge in [-0.15, -0.1) is 0 Å². The van der Waals surface area contributed by atoms with E-state index < -0.39 is 0 Å². The van der Waals surface area contributed by atoms with Crippen LogP contribution in [0.25, 0.3) is 0 Å². The minimum absolute atomic E-state index is 0.169. The normalized spacial score (nSPS) is 15.1. The highest BCUT2D eigenvalue weighted by molar-refractivity contribution is 5.78. The van der Waals surface area contributed by atoms with Crippen molar-refractivity contribution in [1.82, 2.24) is 14.7 Å². The minimum atomic E-state index is 0.169. The number of benzene rings is 2. The zero-order chi connectivity index (χ0) is 20.6. The highest BCUT2D eigenvalue weighted by Gasteiger charge is 2.21. The first-order chi connectivity index (χ1) is 14.1. The van der Waals surface area contributed by atoms with Gasteiger partial charge in [0.1, 0.15) is 0 Å². The quantitative estimate of drug-likeness (QED) is 0.685. The molecule has 0 unspecified atom stereocenters. The van der Waals surface area contributed by atoms with Crippen LogP contribution in [0.1, 0.15) is 11.1 Å². The molecule has 1 aliphatic rings. The summed E-state index contributed by atoms with van der Waals surface area (Å²) in [5.74, 6) is 1.68. The molecule has 2 aromatic rings. The van der Waals surface area contributed by atoms with Crippen molar-refractivity contribution in [2.75, 3.05) is 54.0 Å². The molecule has 0 saturated carbocycles. The number of likely N-dealkylation sites (N-methyl/N-ethyl adjacent to an activating group) is 1. The van der Waals surface area contributed by atoms with Crippen LogP contribution in [-0.4, -0.2) is 74.6 Å². The summed E-state index contributed by atoms with van der Waals surface area (Å²) in [6.07, 6.45) is 0. The lowest BCUT2D eigenvalue weighted by atomic mass is 10.1. The smallest absolute Gasteiger partial charge is 0.236 e. The van der Waals surface area contributed by atoms with Crippen LogP contribution >= 0.6 is 0 Å². The molecule has 6 nitrogen and oxygen atoms in total. The van der Waals surface area contributed by atoms with Crippen molar-refractivity contribution < 1.29 is 14.3 Å². The third-order valence-electron chi connectivity index (χ3n) is 5.37. The fourth-order valence-electron chi connectivity index (χ4n) is 3.60. The van der Waals surface area contributed by atoms with Crippen LogP contribution in [0.5, 0.6) is 11.5 Å². The van der Waals surface area contributed by atoms with Gasteiger partial charge in [-0.25, -0.2) is 0 Å². The number of rotatable bonds is 8. The lowest BCUT2D eigenvalue weighted by Gasteiger charge is -2.35. The molecule has 1 fully saturated rings. The van der Waals surface area contributed by atoms with E-state index in [1.54, 1.807) is 14.2 Å². The highest BCUT2D eigenvalue weighted by atomic mass is 16.5. The van der Waals surface area contributed by atoms with Gasteiger partial charge in [0, 0.05) is 46.3 Å². The number of ether oxygens (including phenoxy) is 2. The SMILES string of the molecule is COc1ccc(CN2CCN(CC(=O)N(C)Cc3ccccc3)CC2)cc1OC. The summed E-state index contributed by atoms with van der Waals surface area (Å²) in [4.78, 5) is 19.0. The van der Waals surface area contributed by atoms with E-state index >= 15 is 0 Å². The zero-order valence-electron chi connectivity index (χ0n) is 17.6. The molecule has 3 rings (SSSR count). The summed E-state index contributed by atoms with van der Waals surface area (Å²) in [6, 6.07) is 16.2. The molecule has 0 bridgehead atoms. The monoisotopic (exact) mass is 397 g/mol. The van der Waals surface area contributed by atoms with Crippen molar-refractivity contribution in [3.8, 4) is 11.5 Å². The first-order valence-corrected chi connectivity index (χ1v) is 10.0. The maximum Gasteiger partial charge on any atom is 0.236 e. The van der Waals surface area contributed by atoms with E-state index in [0.29, 0.717) is 13.1 Å². The maximum absolute atomic E-state index is 12.6. The average molecular weight is 398 g/mol. The number of amides is 1. The Bertz CT molecular complexity index is 789. The molecule has 1 saturated heterocycles. The van der Waals surface area contributed by atoms with Gasteiger partial charge in [-0.3, -0.25) is 14.6 Å². The van der Waals surface area contributed by atoms with Crippen LogP contribution in [0.4, 0.5) is 0 Å². The molecule has 1 heterocycles. The molecule has 0 aliphatic carbocycles. The van der Waals surface area contributed by atoms with Crippen LogP contribution in [0.3, 0.4) is 0 Å². The van der Waals surface area contributed by atoms with Gasteiger partial charge in [0.25, 0.3) is 0 Å². The molecule has 0 aromatic heterocycles. The molecule has 6 heteroatoms. The molecular formula is C23H31N3O3. The van der Waals surface area contributed by atoms with Crippen LogP contribution in [0.15, 0.2) is 48.5 Å². The van der Waals surface area contributed by atoms with Crippen molar-refractivity contribution in [1.29, 1.82) is 0 Å². The number of nitrogens with zero attached hydrogens (tertiary/aromatic N) is 3. The number of hydrogen-bond donors (Lipinski definition) is 0. The molecule has 156 valence electrons. The van der Waals surface area contributed by atoms with Gasteiger partial charge >= 0.3 is 0 Å². The van der Waals surface area contributed by atoms with Gasteiger partial charge in [0.2, 0.25) is 5.91 Å². The summed E-state index contributed by atoms with van der Waals surface area (Å²) in [6.45, 7) is 5.70. The summed E-state index contributed by atoms with van der Waals surface area (Å²) in [5.41, 5.74) is 2.36. The Kier molecular flexibility index (Phi) is 7.49. The van der Waals surface area contributed by atoms with E-state index in [9.17, 15) is 4.79 Å². The number of hydrogen-bond acceptors (Lipinski definition) is 5. The molecule has 2 aromatic carbocycles. The van der Waals surface area contributed by atoms with Crippen molar-refractivity contribution in [2.24, 2.45) is 0 Å². The van der Waals surface area contributed by atoms with Crippen molar-refractivity contribution in [3.63, 3.8) is 0 Å². The Morgan fingerprint density at radius 3 is 2.21 bits per heavy atom. The first kappa shape index (κ1) is 21.1. The lowest BCUT2D eigenvalue weighted by Crippen LogP contribution is -2.49. The third kappa shape index (κ3) is 5.95. The topological polar surface area (TPSA) is 45.2 Å². The second-order valence-corrected chi connectivity index (χ2v) is 7.48. The molecular weight excluding hydrogens is 366 g/mol. The number of carbonyl (C=O) groups excluding carboxylic acids is 1. The summed E-state index contributed by atoms with van der Waals surface area (Å²) in [5, 5.41) is 0. The van der Waals surface area contributed by atoms with Crippen molar-refractivity contribution >= 4 is 5.91 Å². The van der Waals surface area contributed by atoms with Gasteiger partial charge in [-0.05, 0) is 23.3 Å². The number of piperazine rings is 1. The summed E-state index contributed by atoms with van der Waals surface area (Å²) >= 11 is 0. The molecule has 0 spiro atoms. The van der Waals surface area contributed by atoms with Crippen LogP contribution in [0, 0.1) is 0 Å². The van der Waals surface area contributed by atoms with E-state index in [1.807, 2.05) is 42.3 Å². The zero-order valence-corrected chi connectivity index (χ0v) is 17.6. The van der Waals surface area contributed by atoms with E-state index in [4.69, 9.17) is 9.47 Å². The fourth-order valence-corrected chi connectivity index (χ4v) is 3.60. The standard InChI is InChI=1S/C23H31N3O3/c1-24(16-19-7-5-4-6-8-19)23(27)18-26-13-11-25(12-14-26)17-20-9-10-21(28-2)22(15-20)29-3/h4-10,15H,11-14,16-18H2,1-3H3.